The number of likely N-dealkylation sites (N-methyl/N-ethyl adjacent to an activating group) is 2. The van der Waals surface area contributed by atoms with Crippen LogP contribution in [0.4, 0.5) is 0 Å². The average molecular weight is 327 g/mol. The number of alkyl halides is 1. The first-order valence-corrected chi connectivity index (χ1v) is 8.09. The van der Waals surface area contributed by atoms with Crippen LogP contribution in [-0.2, 0) is 12.4 Å². The van der Waals surface area contributed by atoms with Crippen LogP contribution >= 0.6 is 23.2 Å². The molecule has 0 bridgehead atoms. The lowest BCUT2D eigenvalue weighted by molar-refractivity contribution is 0.103. The fourth-order valence-corrected chi connectivity index (χ4v) is 3.33. The van der Waals surface area contributed by atoms with E-state index >= 15 is 0 Å². The van der Waals surface area contributed by atoms with E-state index in [0.717, 1.165) is 48.1 Å². The Morgan fingerprint density at radius 2 is 2.10 bits per heavy atom. The van der Waals surface area contributed by atoms with Crippen molar-refractivity contribution >= 4 is 34.2 Å². The van der Waals surface area contributed by atoms with Crippen molar-refractivity contribution in [1.82, 2.24) is 19.4 Å². The topological polar surface area (TPSA) is 24.3 Å². The van der Waals surface area contributed by atoms with Crippen LogP contribution in [0.15, 0.2) is 18.2 Å². The van der Waals surface area contributed by atoms with Crippen molar-refractivity contribution in [3.63, 3.8) is 0 Å². The SMILES string of the molecule is CN1CCN(C)C(Cn2c(CCl)nc3ccc(Cl)cc32)C1. The van der Waals surface area contributed by atoms with Crippen molar-refractivity contribution in [2.24, 2.45) is 0 Å². The molecule has 1 saturated heterocycles. The molecule has 4 nitrogen and oxygen atoms in total. The zero-order chi connectivity index (χ0) is 15.0. The smallest absolute Gasteiger partial charge is 0.124 e. The van der Waals surface area contributed by atoms with Gasteiger partial charge in [0, 0.05) is 37.2 Å². The van der Waals surface area contributed by atoms with Crippen molar-refractivity contribution in [1.29, 1.82) is 0 Å². The second kappa shape index (κ2) is 6.13. The number of piperazine rings is 1. The van der Waals surface area contributed by atoms with Crippen LogP contribution in [0.1, 0.15) is 5.82 Å². The van der Waals surface area contributed by atoms with Gasteiger partial charge in [-0.3, -0.25) is 4.90 Å². The second-order valence-corrected chi connectivity index (χ2v) is 6.51. The summed E-state index contributed by atoms with van der Waals surface area (Å²) in [7, 11) is 4.36. The average Bonchev–Trinajstić information content (AvgIpc) is 2.80. The van der Waals surface area contributed by atoms with E-state index < -0.39 is 0 Å². The molecule has 6 heteroatoms. The fourth-order valence-electron chi connectivity index (χ4n) is 2.96. The predicted octanol–water partition coefficient (Wildman–Crippen LogP) is 2.67. The number of aromatic nitrogens is 2. The summed E-state index contributed by atoms with van der Waals surface area (Å²) in [4.78, 5) is 9.41. The van der Waals surface area contributed by atoms with Crippen LogP contribution in [0.25, 0.3) is 11.0 Å². The molecule has 0 saturated carbocycles. The molecule has 1 fully saturated rings. The third-order valence-corrected chi connectivity index (χ3v) is 4.76. The highest BCUT2D eigenvalue weighted by molar-refractivity contribution is 6.31. The molecule has 2 aromatic rings. The Morgan fingerprint density at radius 1 is 1.29 bits per heavy atom. The van der Waals surface area contributed by atoms with Crippen molar-refractivity contribution < 1.29 is 0 Å². The van der Waals surface area contributed by atoms with Crippen LogP contribution in [0.3, 0.4) is 0 Å². The van der Waals surface area contributed by atoms with Crippen LogP contribution in [-0.4, -0.2) is 59.1 Å². The summed E-state index contributed by atoms with van der Waals surface area (Å²) in [5.41, 5.74) is 2.03. The molecule has 0 spiro atoms. The molecule has 0 aliphatic carbocycles. The summed E-state index contributed by atoms with van der Waals surface area (Å²) >= 11 is 12.2. The number of fused-ring (bicyclic) bond motifs is 1. The third kappa shape index (κ3) is 3.04. The first-order chi connectivity index (χ1) is 10.1. The zero-order valence-electron chi connectivity index (χ0n) is 12.4. The van der Waals surface area contributed by atoms with E-state index in [9.17, 15) is 0 Å². The molecule has 0 N–H and O–H groups in total. The number of hydrogen-bond donors (Lipinski definition) is 0. The first kappa shape index (κ1) is 15.1. The number of rotatable bonds is 3. The van der Waals surface area contributed by atoms with Crippen molar-refractivity contribution in [2.75, 3.05) is 33.7 Å². The minimum absolute atomic E-state index is 0.415. The van der Waals surface area contributed by atoms with E-state index in [2.05, 4.69) is 33.4 Å². The van der Waals surface area contributed by atoms with Crippen molar-refractivity contribution in [3.8, 4) is 0 Å². The molecule has 1 aliphatic rings. The van der Waals surface area contributed by atoms with Crippen LogP contribution in [0, 0.1) is 0 Å². The Hall–Kier alpha value is -0.810. The predicted molar refractivity (Wildman–Crippen MR) is 88.2 cm³/mol. The minimum atomic E-state index is 0.415. The molecule has 1 unspecified atom stereocenters. The van der Waals surface area contributed by atoms with Gasteiger partial charge in [-0.25, -0.2) is 4.98 Å². The van der Waals surface area contributed by atoms with Gasteiger partial charge in [-0.05, 0) is 32.3 Å². The van der Waals surface area contributed by atoms with Gasteiger partial charge in [0.1, 0.15) is 5.82 Å². The fraction of sp³-hybridized carbons (Fsp3) is 0.533. The van der Waals surface area contributed by atoms with E-state index in [1.54, 1.807) is 0 Å². The van der Waals surface area contributed by atoms with E-state index in [1.807, 2.05) is 18.2 Å². The molecule has 1 aromatic carbocycles. The van der Waals surface area contributed by atoms with Gasteiger partial charge in [0.15, 0.2) is 0 Å². The van der Waals surface area contributed by atoms with E-state index in [1.165, 1.54) is 0 Å². The lowest BCUT2D eigenvalue weighted by Crippen LogP contribution is -2.51. The Labute approximate surface area is 135 Å². The summed E-state index contributed by atoms with van der Waals surface area (Å²) in [6.45, 7) is 4.15. The van der Waals surface area contributed by atoms with Crippen LogP contribution < -0.4 is 0 Å². The maximum atomic E-state index is 6.14. The lowest BCUT2D eigenvalue weighted by Gasteiger charge is -2.38. The summed E-state index contributed by atoms with van der Waals surface area (Å²) in [5, 5.41) is 0.735. The number of imidazole rings is 1. The standard InChI is InChI=1S/C15H20Cl2N4/c1-19-5-6-20(2)12(9-19)10-21-14-7-11(17)3-4-13(14)18-15(21)8-16/h3-4,7,12H,5-6,8-10H2,1-2H3. The van der Waals surface area contributed by atoms with Gasteiger partial charge in [-0.2, -0.15) is 0 Å². The summed E-state index contributed by atoms with van der Waals surface area (Å²) in [6, 6.07) is 6.27. The monoisotopic (exact) mass is 326 g/mol. The molecule has 114 valence electrons. The number of benzene rings is 1. The van der Waals surface area contributed by atoms with Crippen LogP contribution in [0.2, 0.25) is 5.02 Å². The first-order valence-electron chi connectivity index (χ1n) is 7.18. The van der Waals surface area contributed by atoms with Gasteiger partial charge < -0.3 is 9.47 Å². The lowest BCUT2D eigenvalue weighted by atomic mass is 10.2. The molecular formula is C15H20Cl2N4. The van der Waals surface area contributed by atoms with Gasteiger partial charge in [-0.1, -0.05) is 11.6 Å². The van der Waals surface area contributed by atoms with E-state index in [0.29, 0.717) is 11.9 Å². The Balaban J connectivity index is 1.96. The Bertz CT molecular complexity index is 640. The van der Waals surface area contributed by atoms with E-state index in [4.69, 9.17) is 23.2 Å². The molecule has 0 radical (unpaired) electrons. The van der Waals surface area contributed by atoms with Gasteiger partial charge in [0.2, 0.25) is 0 Å². The van der Waals surface area contributed by atoms with Gasteiger partial charge in [0.05, 0.1) is 16.9 Å². The highest BCUT2D eigenvalue weighted by Gasteiger charge is 2.24. The quantitative estimate of drug-likeness (QED) is 0.810. The molecule has 1 atom stereocenters. The Kier molecular flexibility index (Phi) is 4.41. The molecular weight excluding hydrogens is 307 g/mol. The number of nitrogens with zero attached hydrogens (tertiary/aromatic N) is 4. The number of hydrogen-bond acceptors (Lipinski definition) is 3. The Morgan fingerprint density at radius 3 is 2.86 bits per heavy atom. The van der Waals surface area contributed by atoms with Gasteiger partial charge in [-0.15, -0.1) is 11.6 Å². The molecule has 2 heterocycles. The normalized spacial score (nSPS) is 21.2. The van der Waals surface area contributed by atoms with E-state index in [-0.39, 0.29) is 0 Å². The summed E-state index contributed by atoms with van der Waals surface area (Å²) in [5.74, 6) is 1.33. The van der Waals surface area contributed by atoms with Gasteiger partial charge in [0.25, 0.3) is 0 Å². The molecule has 1 aromatic heterocycles. The molecule has 3 rings (SSSR count). The van der Waals surface area contributed by atoms with Crippen molar-refractivity contribution in [2.45, 2.75) is 18.5 Å². The number of halogens is 2. The summed E-state index contributed by atoms with van der Waals surface area (Å²) in [6.07, 6.45) is 0. The zero-order valence-corrected chi connectivity index (χ0v) is 13.9. The highest BCUT2D eigenvalue weighted by Crippen LogP contribution is 2.23. The second-order valence-electron chi connectivity index (χ2n) is 5.80. The highest BCUT2D eigenvalue weighted by atomic mass is 35.5. The summed E-state index contributed by atoms with van der Waals surface area (Å²) < 4.78 is 2.22. The van der Waals surface area contributed by atoms with Gasteiger partial charge >= 0.3 is 0 Å². The molecule has 1 aliphatic heterocycles. The molecule has 0 amide bonds. The maximum absolute atomic E-state index is 6.14. The largest absolute Gasteiger partial charge is 0.325 e. The van der Waals surface area contributed by atoms with Crippen LogP contribution in [0.5, 0.6) is 0 Å². The third-order valence-electron chi connectivity index (χ3n) is 4.28. The molecule has 21 heavy (non-hydrogen) atoms. The minimum Gasteiger partial charge on any atom is -0.325 e. The van der Waals surface area contributed by atoms with Crippen molar-refractivity contribution in [3.05, 3.63) is 29.0 Å². The maximum Gasteiger partial charge on any atom is 0.124 e.